The normalized spacial score (nSPS) is 14.9. The van der Waals surface area contributed by atoms with Gasteiger partial charge in [-0.2, -0.15) is 0 Å². The van der Waals surface area contributed by atoms with Crippen LogP contribution in [0, 0.1) is 0 Å². The standard InChI is InChI=1S/C34H26N2S/c1-34(2)21-37-33(36-34)26-18-25(19-35-20-26)32-29-13-7-5-11-27(29)31(28-12-6-8-14-30(28)32)24-16-15-22-9-3-4-10-23(22)17-24/h3-20H,21H2,1-2H3. The summed E-state index contributed by atoms with van der Waals surface area (Å²) < 4.78 is 0. The zero-order chi connectivity index (χ0) is 25.0. The van der Waals surface area contributed by atoms with Gasteiger partial charge in [0, 0.05) is 29.3 Å². The van der Waals surface area contributed by atoms with Crippen molar-refractivity contribution in [1.29, 1.82) is 0 Å². The number of rotatable bonds is 3. The smallest absolute Gasteiger partial charge is 0.1000 e. The Morgan fingerprint density at radius 2 is 1.16 bits per heavy atom. The molecular weight excluding hydrogens is 468 g/mol. The summed E-state index contributed by atoms with van der Waals surface area (Å²) in [6, 6.07) is 35.2. The highest BCUT2D eigenvalue weighted by molar-refractivity contribution is 8.14. The van der Waals surface area contributed by atoms with Crippen molar-refractivity contribution in [2.75, 3.05) is 5.75 Å². The molecule has 1 aliphatic rings. The van der Waals surface area contributed by atoms with Gasteiger partial charge in [0.2, 0.25) is 0 Å². The lowest BCUT2D eigenvalue weighted by Gasteiger charge is -2.18. The molecule has 37 heavy (non-hydrogen) atoms. The molecule has 2 heterocycles. The predicted octanol–water partition coefficient (Wildman–Crippen LogP) is 9.15. The Bertz CT molecular complexity index is 1810. The highest BCUT2D eigenvalue weighted by Crippen LogP contribution is 2.44. The van der Waals surface area contributed by atoms with E-state index in [-0.39, 0.29) is 5.54 Å². The van der Waals surface area contributed by atoms with Crippen molar-refractivity contribution < 1.29 is 0 Å². The van der Waals surface area contributed by atoms with Crippen LogP contribution < -0.4 is 0 Å². The summed E-state index contributed by atoms with van der Waals surface area (Å²) in [6.07, 6.45) is 3.95. The zero-order valence-electron chi connectivity index (χ0n) is 20.9. The molecule has 0 radical (unpaired) electrons. The van der Waals surface area contributed by atoms with Crippen LogP contribution in [0.25, 0.3) is 54.6 Å². The first-order chi connectivity index (χ1) is 18.1. The van der Waals surface area contributed by atoms with Crippen LogP contribution in [0.3, 0.4) is 0 Å². The molecule has 0 fully saturated rings. The second-order valence-electron chi connectivity index (χ2n) is 10.4. The Morgan fingerprint density at radius 1 is 0.595 bits per heavy atom. The number of nitrogens with zero attached hydrogens (tertiary/aromatic N) is 2. The van der Waals surface area contributed by atoms with Crippen molar-refractivity contribution in [2.45, 2.75) is 19.4 Å². The summed E-state index contributed by atoms with van der Waals surface area (Å²) >= 11 is 1.82. The molecule has 6 aromatic rings. The van der Waals surface area contributed by atoms with Gasteiger partial charge >= 0.3 is 0 Å². The maximum absolute atomic E-state index is 4.97. The molecule has 0 spiro atoms. The van der Waals surface area contributed by atoms with E-state index in [4.69, 9.17) is 4.99 Å². The average molecular weight is 495 g/mol. The van der Waals surface area contributed by atoms with Crippen LogP contribution in [0.1, 0.15) is 19.4 Å². The van der Waals surface area contributed by atoms with Gasteiger partial charge in [-0.1, -0.05) is 84.9 Å². The molecule has 0 unspecified atom stereocenters. The summed E-state index contributed by atoms with van der Waals surface area (Å²) in [5.41, 5.74) is 5.94. The molecule has 7 rings (SSSR count). The van der Waals surface area contributed by atoms with Crippen LogP contribution in [0.2, 0.25) is 0 Å². The van der Waals surface area contributed by atoms with Gasteiger partial charge in [-0.3, -0.25) is 9.98 Å². The first-order valence-electron chi connectivity index (χ1n) is 12.7. The fraction of sp³-hybridized carbons (Fsp3) is 0.118. The summed E-state index contributed by atoms with van der Waals surface area (Å²) in [5.74, 6) is 0.999. The molecule has 178 valence electrons. The third-order valence-electron chi connectivity index (χ3n) is 7.21. The van der Waals surface area contributed by atoms with E-state index in [2.05, 4.69) is 116 Å². The molecule has 0 saturated heterocycles. The summed E-state index contributed by atoms with van der Waals surface area (Å²) in [5, 5.41) is 8.59. The van der Waals surface area contributed by atoms with Crippen LogP contribution >= 0.6 is 11.8 Å². The number of aromatic nitrogens is 1. The van der Waals surface area contributed by atoms with Crippen LogP contribution in [-0.4, -0.2) is 21.3 Å². The molecule has 0 atom stereocenters. The number of aliphatic imine (C=N–C) groups is 1. The van der Waals surface area contributed by atoms with Gasteiger partial charge in [-0.15, -0.1) is 11.8 Å². The molecule has 0 bridgehead atoms. The molecule has 1 aliphatic heterocycles. The van der Waals surface area contributed by atoms with E-state index >= 15 is 0 Å². The molecule has 0 N–H and O–H groups in total. The minimum absolute atomic E-state index is 0.0309. The van der Waals surface area contributed by atoms with E-state index in [1.165, 1.54) is 49.0 Å². The lowest BCUT2D eigenvalue weighted by atomic mass is 9.86. The molecule has 1 aromatic heterocycles. The Labute approximate surface area is 221 Å². The second-order valence-corrected chi connectivity index (χ2v) is 11.3. The fourth-order valence-electron chi connectivity index (χ4n) is 5.52. The van der Waals surface area contributed by atoms with E-state index in [1.54, 1.807) is 0 Å². The van der Waals surface area contributed by atoms with Crippen molar-refractivity contribution in [3.8, 4) is 22.3 Å². The van der Waals surface area contributed by atoms with Crippen molar-refractivity contribution in [2.24, 2.45) is 4.99 Å². The Balaban J connectivity index is 1.52. The van der Waals surface area contributed by atoms with Gasteiger partial charge in [-0.05, 0) is 75.0 Å². The molecule has 2 nitrogen and oxygen atoms in total. The number of benzene rings is 5. The fourth-order valence-corrected chi connectivity index (χ4v) is 6.67. The molecule has 5 aromatic carbocycles. The number of hydrogen-bond acceptors (Lipinski definition) is 3. The molecule has 0 amide bonds. The van der Waals surface area contributed by atoms with Crippen LogP contribution in [0.15, 0.2) is 114 Å². The van der Waals surface area contributed by atoms with E-state index in [0.29, 0.717) is 0 Å². The second kappa shape index (κ2) is 8.57. The van der Waals surface area contributed by atoms with Crippen LogP contribution in [0.5, 0.6) is 0 Å². The Kier molecular flexibility index (Phi) is 5.16. The first kappa shape index (κ1) is 22.3. The molecule has 3 heteroatoms. The molecular formula is C34H26N2S. The van der Waals surface area contributed by atoms with E-state index in [1.807, 2.05) is 24.2 Å². The van der Waals surface area contributed by atoms with Gasteiger partial charge in [0.1, 0.15) is 0 Å². The third-order valence-corrected chi connectivity index (χ3v) is 8.66. The molecule has 0 aliphatic carbocycles. The largest absolute Gasteiger partial charge is 0.271 e. The van der Waals surface area contributed by atoms with Crippen molar-refractivity contribution in [3.63, 3.8) is 0 Å². The lowest BCUT2D eigenvalue weighted by Crippen LogP contribution is -2.15. The minimum Gasteiger partial charge on any atom is -0.271 e. The predicted molar refractivity (Wildman–Crippen MR) is 161 cm³/mol. The van der Waals surface area contributed by atoms with Crippen LogP contribution in [-0.2, 0) is 0 Å². The monoisotopic (exact) mass is 494 g/mol. The van der Waals surface area contributed by atoms with Gasteiger partial charge < -0.3 is 0 Å². The quantitative estimate of drug-likeness (QED) is 0.229. The van der Waals surface area contributed by atoms with Gasteiger partial charge in [0.25, 0.3) is 0 Å². The van der Waals surface area contributed by atoms with Crippen molar-refractivity contribution in [3.05, 3.63) is 115 Å². The molecule has 0 saturated carbocycles. The SMILES string of the molecule is CC1(C)CSC(c2cncc(-c3c4ccccc4c(-c4ccc5ccccc5c4)c4ccccc34)c2)=N1. The number of thioether (sulfide) groups is 1. The maximum Gasteiger partial charge on any atom is 0.1000 e. The zero-order valence-corrected chi connectivity index (χ0v) is 21.7. The van der Waals surface area contributed by atoms with E-state index in [9.17, 15) is 0 Å². The minimum atomic E-state index is -0.0309. The summed E-state index contributed by atoms with van der Waals surface area (Å²) in [6.45, 7) is 4.38. The average Bonchev–Trinajstić information content (AvgIpc) is 3.31. The Hall–Kier alpha value is -3.95. The Morgan fingerprint density at radius 3 is 1.78 bits per heavy atom. The van der Waals surface area contributed by atoms with Gasteiger partial charge in [0.15, 0.2) is 0 Å². The van der Waals surface area contributed by atoms with E-state index in [0.717, 1.165) is 21.9 Å². The van der Waals surface area contributed by atoms with Crippen molar-refractivity contribution >= 4 is 49.1 Å². The van der Waals surface area contributed by atoms with Gasteiger partial charge in [0.05, 0.1) is 10.6 Å². The maximum atomic E-state index is 4.97. The summed E-state index contributed by atoms with van der Waals surface area (Å²) in [7, 11) is 0. The van der Waals surface area contributed by atoms with E-state index < -0.39 is 0 Å². The lowest BCUT2D eigenvalue weighted by molar-refractivity contribution is 0.605. The number of pyridine rings is 1. The highest BCUT2D eigenvalue weighted by atomic mass is 32.2. The first-order valence-corrected chi connectivity index (χ1v) is 13.7. The van der Waals surface area contributed by atoms with Gasteiger partial charge in [-0.25, -0.2) is 0 Å². The number of fused-ring (bicyclic) bond motifs is 3. The third kappa shape index (κ3) is 3.82. The summed E-state index contributed by atoms with van der Waals surface area (Å²) in [4.78, 5) is 9.66. The highest BCUT2D eigenvalue weighted by Gasteiger charge is 2.26. The van der Waals surface area contributed by atoms with Crippen molar-refractivity contribution in [1.82, 2.24) is 4.98 Å². The van der Waals surface area contributed by atoms with Crippen LogP contribution in [0.4, 0.5) is 0 Å². The number of hydrogen-bond donors (Lipinski definition) is 0. The topological polar surface area (TPSA) is 25.2 Å².